The first-order valence-electron chi connectivity index (χ1n) is 6.45. The highest BCUT2D eigenvalue weighted by Gasteiger charge is 2.20. The molecule has 0 unspecified atom stereocenters. The topological polar surface area (TPSA) is 66.0 Å². The molecular formula is C13H17ClN2O3S. The molecule has 0 aliphatic rings. The Kier molecular flexibility index (Phi) is 4.36. The van der Waals surface area contributed by atoms with Gasteiger partial charge in [0.05, 0.1) is 23.2 Å². The zero-order valence-corrected chi connectivity index (χ0v) is 13.0. The number of fused-ring (bicyclic) bond motifs is 1. The van der Waals surface area contributed by atoms with Crippen molar-refractivity contribution in [3.63, 3.8) is 0 Å². The van der Waals surface area contributed by atoms with E-state index in [0.717, 1.165) is 23.4 Å². The minimum absolute atomic E-state index is 0.298. The number of nitrogens with zero attached hydrogens (tertiary/aromatic N) is 2. The molecule has 7 heteroatoms. The molecule has 0 atom stereocenters. The number of halogens is 1. The fourth-order valence-corrected chi connectivity index (χ4v) is 3.17. The molecule has 0 amide bonds. The smallest absolute Gasteiger partial charge is 0.254 e. The van der Waals surface area contributed by atoms with Gasteiger partial charge in [-0.3, -0.25) is 0 Å². The largest absolute Gasteiger partial charge is 0.748 e. The monoisotopic (exact) mass is 316 g/mol. The molecule has 0 spiro atoms. The van der Waals surface area contributed by atoms with Gasteiger partial charge in [-0.1, -0.05) is 11.6 Å². The maximum Gasteiger partial charge on any atom is 0.254 e. The Labute approximate surface area is 123 Å². The third-order valence-corrected chi connectivity index (χ3v) is 4.42. The van der Waals surface area contributed by atoms with Crippen molar-refractivity contribution in [3.8, 4) is 0 Å². The number of aryl methyl sites for hydroxylation is 2. The number of rotatable bonds is 5. The number of hydrogen-bond acceptors (Lipinski definition) is 3. The quantitative estimate of drug-likeness (QED) is 0.624. The van der Waals surface area contributed by atoms with Crippen LogP contribution in [0.3, 0.4) is 0 Å². The molecular weight excluding hydrogens is 300 g/mol. The van der Waals surface area contributed by atoms with Gasteiger partial charge in [0.2, 0.25) is 0 Å². The second-order valence-electron chi connectivity index (χ2n) is 4.69. The van der Waals surface area contributed by atoms with E-state index in [2.05, 4.69) is 4.57 Å². The fourth-order valence-electron chi connectivity index (χ4n) is 2.52. The van der Waals surface area contributed by atoms with E-state index in [-0.39, 0.29) is 5.75 Å². The first-order valence-corrected chi connectivity index (χ1v) is 8.40. The van der Waals surface area contributed by atoms with E-state index in [4.69, 9.17) is 11.6 Å². The van der Waals surface area contributed by atoms with E-state index in [0.29, 0.717) is 18.0 Å². The summed E-state index contributed by atoms with van der Waals surface area (Å²) in [5.74, 6) is 0.673. The lowest BCUT2D eigenvalue weighted by Crippen LogP contribution is -2.35. The summed E-state index contributed by atoms with van der Waals surface area (Å²) in [7, 11) is -4.16. The van der Waals surface area contributed by atoms with Crippen LogP contribution in [-0.4, -0.2) is 23.3 Å². The molecule has 1 heterocycles. The number of imidazole rings is 1. The SMILES string of the molecule is CC[n+]1c(C)n(CCCS(=O)(=O)[O-])c2cc(Cl)ccc21. The Bertz CT molecular complexity index is 738. The summed E-state index contributed by atoms with van der Waals surface area (Å²) in [6, 6.07) is 5.65. The van der Waals surface area contributed by atoms with Crippen LogP contribution >= 0.6 is 11.6 Å². The molecule has 0 fully saturated rings. The molecule has 2 rings (SSSR count). The zero-order valence-electron chi connectivity index (χ0n) is 11.5. The van der Waals surface area contributed by atoms with Crippen LogP contribution < -0.4 is 4.57 Å². The Balaban J connectivity index is 2.41. The number of aromatic nitrogens is 2. The van der Waals surface area contributed by atoms with Gasteiger partial charge in [0.25, 0.3) is 5.82 Å². The van der Waals surface area contributed by atoms with Crippen LogP contribution in [0.2, 0.25) is 5.02 Å². The van der Waals surface area contributed by atoms with Gasteiger partial charge in [0, 0.05) is 23.8 Å². The summed E-state index contributed by atoms with van der Waals surface area (Å²) < 4.78 is 36.2. The molecule has 0 aliphatic heterocycles. The summed E-state index contributed by atoms with van der Waals surface area (Å²) in [6.07, 6.45) is 0.298. The third-order valence-electron chi connectivity index (χ3n) is 3.39. The van der Waals surface area contributed by atoms with Gasteiger partial charge in [0.1, 0.15) is 0 Å². The molecule has 0 aliphatic carbocycles. The molecule has 0 saturated carbocycles. The van der Waals surface area contributed by atoms with Gasteiger partial charge < -0.3 is 4.55 Å². The lowest BCUT2D eigenvalue weighted by molar-refractivity contribution is -0.675. The maximum absolute atomic E-state index is 10.7. The van der Waals surface area contributed by atoms with Gasteiger partial charge in [-0.25, -0.2) is 17.6 Å². The van der Waals surface area contributed by atoms with Crippen molar-refractivity contribution in [2.24, 2.45) is 0 Å². The van der Waals surface area contributed by atoms with Crippen molar-refractivity contribution in [2.45, 2.75) is 33.4 Å². The fraction of sp³-hybridized carbons (Fsp3) is 0.462. The van der Waals surface area contributed by atoms with E-state index in [1.165, 1.54) is 0 Å². The third kappa shape index (κ3) is 3.13. The van der Waals surface area contributed by atoms with E-state index in [9.17, 15) is 13.0 Å². The highest BCUT2D eigenvalue weighted by molar-refractivity contribution is 7.85. The molecule has 110 valence electrons. The highest BCUT2D eigenvalue weighted by Crippen LogP contribution is 2.20. The number of hydrogen-bond donors (Lipinski definition) is 0. The van der Waals surface area contributed by atoms with Crippen LogP contribution in [0.5, 0.6) is 0 Å². The van der Waals surface area contributed by atoms with Crippen molar-refractivity contribution in [1.29, 1.82) is 0 Å². The minimum atomic E-state index is -4.16. The first-order chi connectivity index (χ1) is 9.33. The lowest BCUT2D eigenvalue weighted by atomic mass is 10.3. The Morgan fingerprint density at radius 3 is 2.70 bits per heavy atom. The lowest BCUT2D eigenvalue weighted by Gasteiger charge is -2.05. The molecule has 0 radical (unpaired) electrons. The van der Waals surface area contributed by atoms with Crippen molar-refractivity contribution < 1.29 is 17.5 Å². The molecule has 0 saturated heterocycles. The summed E-state index contributed by atoms with van der Waals surface area (Å²) >= 11 is 6.03. The highest BCUT2D eigenvalue weighted by atomic mass is 35.5. The van der Waals surface area contributed by atoms with E-state index in [1.54, 1.807) is 0 Å². The average molecular weight is 317 g/mol. The van der Waals surface area contributed by atoms with Crippen LogP contribution in [0.25, 0.3) is 11.0 Å². The normalized spacial score (nSPS) is 12.2. The second kappa shape index (κ2) is 5.71. The van der Waals surface area contributed by atoms with Gasteiger partial charge in [-0.15, -0.1) is 0 Å². The van der Waals surface area contributed by atoms with Crippen molar-refractivity contribution in [2.75, 3.05) is 5.75 Å². The van der Waals surface area contributed by atoms with E-state index in [1.807, 2.05) is 36.6 Å². The first kappa shape index (κ1) is 15.3. The maximum atomic E-state index is 10.7. The predicted octanol–water partition coefficient (Wildman–Crippen LogP) is 1.85. The van der Waals surface area contributed by atoms with Crippen LogP contribution in [0.4, 0.5) is 0 Å². The molecule has 5 nitrogen and oxygen atoms in total. The van der Waals surface area contributed by atoms with Crippen LogP contribution in [-0.2, 0) is 23.2 Å². The Hall–Kier alpha value is -1.11. The van der Waals surface area contributed by atoms with Crippen molar-refractivity contribution in [1.82, 2.24) is 4.57 Å². The summed E-state index contributed by atoms with van der Waals surface area (Å²) in [4.78, 5) is 0. The zero-order chi connectivity index (χ0) is 14.9. The molecule has 0 N–H and O–H groups in total. The van der Waals surface area contributed by atoms with Gasteiger partial charge >= 0.3 is 0 Å². The average Bonchev–Trinajstić information content (AvgIpc) is 2.60. The number of benzene rings is 1. The second-order valence-corrected chi connectivity index (χ2v) is 6.65. The summed E-state index contributed by atoms with van der Waals surface area (Å²) in [5.41, 5.74) is 2.01. The molecule has 2 aromatic rings. The standard InChI is InChI=1S/C13H17ClN2O3S/c1-3-15-10(2)16(7-4-8-20(17,18)19)13-9-11(14)5-6-12(13)15/h5-6,9H,3-4,7-8H2,1-2H3. The minimum Gasteiger partial charge on any atom is -0.748 e. The van der Waals surface area contributed by atoms with Gasteiger partial charge in [0.15, 0.2) is 11.0 Å². The van der Waals surface area contributed by atoms with E-state index < -0.39 is 10.1 Å². The van der Waals surface area contributed by atoms with Crippen molar-refractivity contribution in [3.05, 3.63) is 29.0 Å². The molecule has 0 bridgehead atoms. The van der Waals surface area contributed by atoms with Gasteiger partial charge in [-0.05, 0) is 25.5 Å². The van der Waals surface area contributed by atoms with E-state index >= 15 is 0 Å². The Morgan fingerprint density at radius 2 is 2.10 bits per heavy atom. The van der Waals surface area contributed by atoms with Crippen LogP contribution in [0, 0.1) is 6.92 Å². The molecule has 1 aromatic heterocycles. The summed E-state index contributed by atoms with van der Waals surface area (Å²) in [6.45, 7) is 5.32. The van der Waals surface area contributed by atoms with Crippen molar-refractivity contribution >= 4 is 32.8 Å². The van der Waals surface area contributed by atoms with Crippen LogP contribution in [0.15, 0.2) is 18.2 Å². The summed E-state index contributed by atoms with van der Waals surface area (Å²) in [5, 5.41) is 0.635. The Morgan fingerprint density at radius 1 is 1.40 bits per heavy atom. The molecule has 20 heavy (non-hydrogen) atoms. The molecule has 1 aromatic carbocycles. The van der Waals surface area contributed by atoms with Gasteiger partial charge in [-0.2, -0.15) is 0 Å². The predicted molar refractivity (Wildman–Crippen MR) is 76.7 cm³/mol. The van der Waals surface area contributed by atoms with Crippen LogP contribution in [0.1, 0.15) is 19.2 Å².